The molecule has 0 spiro atoms. The lowest BCUT2D eigenvalue weighted by molar-refractivity contribution is 0.299. The van der Waals surface area contributed by atoms with Crippen LogP contribution in [0.2, 0.25) is 5.02 Å². The number of hydrogen-bond acceptors (Lipinski definition) is 7. The van der Waals surface area contributed by atoms with Crippen LogP contribution in [-0.4, -0.2) is 21.2 Å². The molecular formula is C23H17ClN4O3S. The maximum absolute atomic E-state index is 12.1. The molecule has 9 heteroatoms. The lowest BCUT2D eigenvalue weighted by atomic mass is 10.1. The Morgan fingerprint density at radius 1 is 1.19 bits per heavy atom. The van der Waals surface area contributed by atoms with Crippen LogP contribution in [0.3, 0.4) is 0 Å². The van der Waals surface area contributed by atoms with Gasteiger partial charge in [0.2, 0.25) is 5.89 Å². The van der Waals surface area contributed by atoms with E-state index in [1.807, 2.05) is 31.2 Å². The van der Waals surface area contributed by atoms with Gasteiger partial charge in [-0.25, -0.2) is 9.97 Å². The third kappa shape index (κ3) is 4.40. The van der Waals surface area contributed by atoms with Crippen molar-refractivity contribution >= 4 is 23.4 Å². The number of H-pyrrole nitrogens is 1. The van der Waals surface area contributed by atoms with E-state index >= 15 is 0 Å². The first-order valence-corrected chi connectivity index (χ1v) is 11.1. The Kier molecular flexibility index (Phi) is 6.30. The van der Waals surface area contributed by atoms with E-state index in [2.05, 4.69) is 15.0 Å². The van der Waals surface area contributed by atoms with Gasteiger partial charge in [0.1, 0.15) is 35.4 Å². The third-order valence-electron chi connectivity index (χ3n) is 4.70. The molecule has 0 radical (unpaired) electrons. The highest BCUT2D eigenvalue weighted by molar-refractivity contribution is 7.98. The van der Waals surface area contributed by atoms with Crippen molar-refractivity contribution in [2.45, 2.75) is 18.7 Å². The van der Waals surface area contributed by atoms with Gasteiger partial charge in [-0.1, -0.05) is 35.5 Å². The molecule has 0 atom stereocenters. The van der Waals surface area contributed by atoms with Crippen LogP contribution in [0.4, 0.5) is 0 Å². The maximum atomic E-state index is 12.1. The molecule has 0 aliphatic carbocycles. The lowest BCUT2D eigenvalue weighted by Gasteiger charge is -2.08. The monoisotopic (exact) mass is 464 g/mol. The number of hydrogen-bond donors (Lipinski definition) is 1. The Morgan fingerprint density at radius 2 is 1.94 bits per heavy atom. The summed E-state index contributed by atoms with van der Waals surface area (Å²) in [6, 6.07) is 16.3. The van der Waals surface area contributed by atoms with Crippen molar-refractivity contribution in [1.82, 2.24) is 15.0 Å². The van der Waals surface area contributed by atoms with Crippen molar-refractivity contribution in [3.05, 3.63) is 80.9 Å². The number of aryl methyl sites for hydroxylation is 1. The summed E-state index contributed by atoms with van der Waals surface area (Å²) < 4.78 is 11.6. The molecule has 0 bridgehead atoms. The first kappa shape index (κ1) is 21.7. The second kappa shape index (κ2) is 9.30. The van der Waals surface area contributed by atoms with E-state index in [4.69, 9.17) is 20.8 Å². The minimum atomic E-state index is -0.460. The van der Waals surface area contributed by atoms with E-state index in [1.165, 1.54) is 11.8 Å². The normalized spacial score (nSPS) is 10.7. The zero-order valence-corrected chi connectivity index (χ0v) is 18.8. The topological polar surface area (TPSA) is 105 Å². The summed E-state index contributed by atoms with van der Waals surface area (Å²) in [4.78, 5) is 23.6. The summed E-state index contributed by atoms with van der Waals surface area (Å²) in [5.41, 5.74) is 1.88. The molecule has 1 N–H and O–H groups in total. The van der Waals surface area contributed by atoms with E-state index in [0.717, 1.165) is 5.56 Å². The average molecular weight is 465 g/mol. The van der Waals surface area contributed by atoms with E-state index in [-0.39, 0.29) is 12.2 Å². The van der Waals surface area contributed by atoms with Crippen molar-refractivity contribution in [2.75, 3.05) is 6.26 Å². The van der Waals surface area contributed by atoms with Crippen molar-refractivity contribution in [3.8, 4) is 34.5 Å². The molecule has 2 aromatic carbocycles. The highest BCUT2D eigenvalue weighted by Gasteiger charge is 2.15. The van der Waals surface area contributed by atoms with Gasteiger partial charge in [-0.2, -0.15) is 5.26 Å². The molecule has 2 aromatic heterocycles. The molecule has 160 valence electrons. The zero-order chi connectivity index (χ0) is 22.7. The van der Waals surface area contributed by atoms with Crippen molar-refractivity contribution in [2.24, 2.45) is 0 Å². The quantitative estimate of drug-likeness (QED) is 0.308. The second-order valence-electron chi connectivity index (χ2n) is 6.73. The molecule has 0 unspecified atom stereocenters. The fraction of sp³-hybridized carbons (Fsp3) is 0.130. The largest absolute Gasteiger partial charge is 0.487 e. The molecule has 0 aliphatic heterocycles. The number of thioether (sulfide) groups is 1. The van der Waals surface area contributed by atoms with Gasteiger partial charge in [0.05, 0.1) is 16.3 Å². The summed E-state index contributed by atoms with van der Waals surface area (Å²) in [5.74, 6) is 1.69. The van der Waals surface area contributed by atoms with Gasteiger partial charge in [0, 0.05) is 5.56 Å². The summed E-state index contributed by atoms with van der Waals surface area (Å²) in [7, 11) is 0. The Morgan fingerprint density at radius 3 is 2.62 bits per heavy atom. The molecule has 2 heterocycles. The molecule has 0 aliphatic rings. The van der Waals surface area contributed by atoms with Gasteiger partial charge in [0.15, 0.2) is 5.16 Å². The fourth-order valence-electron chi connectivity index (χ4n) is 3.03. The van der Waals surface area contributed by atoms with E-state index in [9.17, 15) is 10.1 Å². The Balaban J connectivity index is 1.53. The first-order valence-electron chi connectivity index (χ1n) is 9.53. The number of rotatable bonds is 6. The fourth-order valence-corrected chi connectivity index (χ4v) is 3.63. The summed E-state index contributed by atoms with van der Waals surface area (Å²) in [6.45, 7) is 2.03. The minimum absolute atomic E-state index is 0.0261. The van der Waals surface area contributed by atoms with Gasteiger partial charge >= 0.3 is 0 Å². The van der Waals surface area contributed by atoms with Gasteiger partial charge in [-0.3, -0.25) is 4.79 Å². The Hall–Kier alpha value is -3.54. The van der Waals surface area contributed by atoms with Crippen molar-refractivity contribution < 1.29 is 9.15 Å². The number of halogens is 1. The van der Waals surface area contributed by atoms with Gasteiger partial charge < -0.3 is 14.1 Å². The molecular weight excluding hydrogens is 448 g/mol. The van der Waals surface area contributed by atoms with Crippen molar-refractivity contribution in [3.63, 3.8) is 0 Å². The summed E-state index contributed by atoms with van der Waals surface area (Å²) >= 11 is 7.53. The van der Waals surface area contributed by atoms with Gasteiger partial charge in [-0.05, 0) is 49.6 Å². The van der Waals surface area contributed by atoms with Crippen LogP contribution in [-0.2, 0) is 6.61 Å². The van der Waals surface area contributed by atoms with Crippen LogP contribution >= 0.6 is 23.4 Å². The van der Waals surface area contributed by atoms with Crippen LogP contribution in [0.1, 0.15) is 17.0 Å². The first-order chi connectivity index (χ1) is 15.5. The van der Waals surface area contributed by atoms with Crippen molar-refractivity contribution in [1.29, 1.82) is 5.26 Å². The number of aromatic nitrogens is 3. The van der Waals surface area contributed by atoms with Crippen LogP contribution in [0, 0.1) is 18.3 Å². The third-order valence-corrected chi connectivity index (χ3v) is 5.61. The van der Waals surface area contributed by atoms with Crippen LogP contribution in [0.5, 0.6) is 5.75 Å². The van der Waals surface area contributed by atoms with E-state index in [1.54, 1.807) is 36.6 Å². The second-order valence-corrected chi connectivity index (χ2v) is 7.93. The van der Waals surface area contributed by atoms with E-state index in [0.29, 0.717) is 44.5 Å². The molecule has 0 fully saturated rings. The predicted molar refractivity (Wildman–Crippen MR) is 123 cm³/mol. The van der Waals surface area contributed by atoms with Gasteiger partial charge in [0.25, 0.3) is 5.56 Å². The lowest BCUT2D eigenvalue weighted by Crippen LogP contribution is -2.14. The van der Waals surface area contributed by atoms with Crippen LogP contribution < -0.4 is 10.3 Å². The number of oxazole rings is 1. The number of nitrogens with one attached hydrogen (secondary N) is 1. The molecule has 4 aromatic rings. The average Bonchev–Trinajstić information content (AvgIpc) is 3.18. The summed E-state index contributed by atoms with van der Waals surface area (Å²) in [6.07, 6.45) is 1.80. The van der Waals surface area contributed by atoms with Gasteiger partial charge in [-0.15, -0.1) is 0 Å². The highest BCUT2D eigenvalue weighted by atomic mass is 35.5. The molecule has 0 amide bonds. The Bertz CT molecular complexity index is 1370. The SMILES string of the molecule is CSc1nc(-c2ccc(OCc3nc(-c4ccccc4Cl)oc3C)cc2)c(C#N)c(=O)[nH]1. The zero-order valence-electron chi connectivity index (χ0n) is 17.2. The number of ether oxygens (including phenoxy) is 1. The highest BCUT2D eigenvalue weighted by Crippen LogP contribution is 2.29. The molecule has 0 saturated carbocycles. The number of nitrogens with zero attached hydrogens (tertiary/aromatic N) is 3. The van der Waals surface area contributed by atoms with E-state index < -0.39 is 5.56 Å². The number of aromatic amines is 1. The smallest absolute Gasteiger partial charge is 0.270 e. The van der Waals surface area contributed by atoms with Crippen LogP contribution in [0.25, 0.3) is 22.7 Å². The standard InChI is InChI=1S/C23H17ClN4O3S/c1-13-19(26-22(31-13)16-5-3-4-6-18(16)24)12-30-15-9-7-14(8-10-15)20-17(11-25)21(29)28-23(27-20)32-2/h3-10H,12H2,1-2H3,(H,27,28,29). The summed E-state index contributed by atoms with van der Waals surface area (Å²) in [5, 5.41) is 10.4. The predicted octanol–water partition coefficient (Wildman–Crippen LogP) is 5.23. The minimum Gasteiger partial charge on any atom is -0.487 e. The molecule has 0 saturated heterocycles. The number of nitriles is 1. The Labute approximate surface area is 193 Å². The molecule has 4 rings (SSSR count). The number of benzene rings is 2. The molecule has 7 nitrogen and oxygen atoms in total. The van der Waals surface area contributed by atoms with Crippen LogP contribution in [0.15, 0.2) is 62.9 Å². The maximum Gasteiger partial charge on any atom is 0.270 e. The molecule has 32 heavy (non-hydrogen) atoms.